The van der Waals surface area contributed by atoms with Crippen LogP contribution in [0.15, 0.2) is 40.9 Å². The summed E-state index contributed by atoms with van der Waals surface area (Å²) in [5.41, 5.74) is 4.14. The number of ether oxygens (including phenoxy) is 3. The number of benzene rings is 2. The second kappa shape index (κ2) is 11.0. The zero-order valence-corrected chi connectivity index (χ0v) is 20.4. The fourth-order valence-electron chi connectivity index (χ4n) is 3.31. The number of rotatable bonds is 8. The van der Waals surface area contributed by atoms with Gasteiger partial charge in [-0.15, -0.1) is 0 Å². The van der Waals surface area contributed by atoms with Gasteiger partial charge in [-0.1, -0.05) is 15.9 Å². The minimum atomic E-state index is -0.810. The summed E-state index contributed by atoms with van der Waals surface area (Å²) < 4.78 is 16.3. The number of halogens is 1. The molecule has 1 aliphatic heterocycles. The van der Waals surface area contributed by atoms with E-state index in [0.717, 1.165) is 15.0 Å². The van der Waals surface area contributed by atoms with Crippen molar-refractivity contribution in [3.05, 3.63) is 52.0 Å². The Hall–Kier alpha value is -3.60. The number of anilines is 1. The van der Waals surface area contributed by atoms with E-state index < -0.39 is 36.2 Å². The number of nitrogens with zero attached hydrogens (tertiary/aromatic N) is 1. The Labute approximate surface area is 204 Å². The first-order valence-corrected chi connectivity index (χ1v) is 11.1. The van der Waals surface area contributed by atoms with Crippen LogP contribution in [0, 0.1) is 12.8 Å². The van der Waals surface area contributed by atoms with Gasteiger partial charge in [0, 0.05) is 28.2 Å². The molecule has 0 aromatic heterocycles. The molecular weight excluding hydrogens is 510 g/mol. The molecule has 0 spiro atoms. The van der Waals surface area contributed by atoms with Gasteiger partial charge >= 0.3 is 5.97 Å². The molecule has 1 saturated heterocycles. The Bertz CT molecular complexity index is 1100. The van der Waals surface area contributed by atoms with E-state index in [-0.39, 0.29) is 18.5 Å². The number of methoxy groups -OCH3 is 2. The summed E-state index contributed by atoms with van der Waals surface area (Å²) in [5.74, 6) is -2.19. The van der Waals surface area contributed by atoms with Crippen LogP contribution in [0.4, 0.5) is 5.69 Å². The Morgan fingerprint density at radius 1 is 1.09 bits per heavy atom. The SMILES string of the molecule is COc1cc(OC)cc(C(=O)NN2C[C@@H](C(=O)OCC(=O)Nc3ccc(Br)cc3C)CC2=O)c1. The molecule has 3 rings (SSSR count). The molecule has 0 radical (unpaired) electrons. The zero-order chi connectivity index (χ0) is 24.8. The van der Waals surface area contributed by atoms with Crippen molar-refractivity contribution >= 4 is 45.3 Å². The molecule has 34 heavy (non-hydrogen) atoms. The highest BCUT2D eigenvalue weighted by molar-refractivity contribution is 9.10. The Balaban J connectivity index is 1.53. The Morgan fingerprint density at radius 2 is 1.76 bits per heavy atom. The van der Waals surface area contributed by atoms with E-state index in [2.05, 4.69) is 26.7 Å². The van der Waals surface area contributed by atoms with Gasteiger partial charge in [0.25, 0.3) is 11.8 Å². The van der Waals surface area contributed by atoms with Crippen LogP contribution >= 0.6 is 15.9 Å². The van der Waals surface area contributed by atoms with Crippen molar-refractivity contribution in [2.75, 3.05) is 32.7 Å². The fraction of sp³-hybridized carbons (Fsp3) is 0.304. The van der Waals surface area contributed by atoms with Crippen molar-refractivity contribution in [2.24, 2.45) is 5.92 Å². The van der Waals surface area contributed by atoms with Crippen molar-refractivity contribution in [1.82, 2.24) is 10.4 Å². The fourth-order valence-corrected chi connectivity index (χ4v) is 3.78. The van der Waals surface area contributed by atoms with E-state index in [1.807, 2.05) is 13.0 Å². The quantitative estimate of drug-likeness (QED) is 0.499. The number of aryl methyl sites for hydroxylation is 1. The molecule has 0 unspecified atom stereocenters. The van der Waals surface area contributed by atoms with E-state index >= 15 is 0 Å². The number of amides is 3. The van der Waals surface area contributed by atoms with Gasteiger partial charge in [-0.05, 0) is 42.8 Å². The standard InChI is InChI=1S/C23H24BrN3O7/c1-13-6-16(24)4-5-19(13)25-20(28)12-34-23(31)15-9-21(29)27(11-15)26-22(30)14-7-17(32-2)10-18(8-14)33-3/h4-8,10,15H,9,11-12H2,1-3H3,(H,25,28)(H,26,30)/t15-/m0/s1. The lowest BCUT2D eigenvalue weighted by Crippen LogP contribution is -2.43. The minimum absolute atomic E-state index is 0.0715. The van der Waals surface area contributed by atoms with Gasteiger partial charge in [0.1, 0.15) is 11.5 Å². The van der Waals surface area contributed by atoms with Crippen LogP contribution < -0.4 is 20.2 Å². The third kappa shape index (κ3) is 6.25. The normalized spacial score (nSPS) is 15.0. The Morgan fingerprint density at radius 3 is 2.38 bits per heavy atom. The van der Waals surface area contributed by atoms with Gasteiger partial charge in [0.2, 0.25) is 5.91 Å². The van der Waals surface area contributed by atoms with Crippen molar-refractivity contribution in [1.29, 1.82) is 0 Å². The summed E-state index contributed by atoms with van der Waals surface area (Å²) >= 11 is 3.35. The molecule has 1 aliphatic rings. The maximum atomic E-state index is 12.6. The maximum Gasteiger partial charge on any atom is 0.311 e. The number of hydrogen-bond donors (Lipinski definition) is 2. The monoisotopic (exact) mass is 533 g/mol. The highest BCUT2D eigenvalue weighted by atomic mass is 79.9. The number of esters is 1. The number of carbonyl (C=O) groups excluding carboxylic acids is 4. The number of hydrazine groups is 1. The summed E-state index contributed by atoms with van der Waals surface area (Å²) in [5, 5.41) is 3.73. The lowest BCUT2D eigenvalue weighted by molar-refractivity contribution is -0.151. The highest BCUT2D eigenvalue weighted by Crippen LogP contribution is 2.24. The topological polar surface area (TPSA) is 123 Å². The van der Waals surface area contributed by atoms with Crippen LogP contribution in [0.25, 0.3) is 0 Å². The van der Waals surface area contributed by atoms with Crippen LogP contribution in [0.1, 0.15) is 22.3 Å². The number of hydrogen-bond acceptors (Lipinski definition) is 7. The molecular formula is C23H24BrN3O7. The summed E-state index contributed by atoms with van der Waals surface area (Å²) in [6, 6.07) is 9.95. The molecule has 1 fully saturated rings. The molecule has 2 N–H and O–H groups in total. The van der Waals surface area contributed by atoms with Crippen molar-refractivity contribution < 1.29 is 33.4 Å². The molecule has 1 heterocycles. The molecule has 11 heteroatoms. The van der Waals surface area contributed by atoms with Crippen LogP contribution in [0.5, 0.6) is 11.5 Å². The third-order valence-corrected chi connectivity index (χ3v) is 5.61. The molecule has 180 valence electrons. The molecule has 0 aliphatic carbocycles. The van der Waals surface area contributed by atoms with Crippen molar-refractivity contribution in [3.63, 3.8) is 0 Å². The predicted octanol–water partition coefficient (Wildman–Crippen LogP) is 2.45. The lowest BCUT2D eigenvalue weighted by atomic mass is 10.1. The second-order valence-electron chi connectivity index (χ2n) is 7.56. The molecule has 2 aromatic carbocycles. The zero-order valence-electron chi connectivity index (χ0n) is 18.8. The van der Waals surface area contributed by atoms with E-state index in [9.17, 15) is 19.2 Å². The number of nitrogens with one attached hydrogen (secondary N) is 2. The van der Waals surface area contributed by atoms with Crippen LogP contribution in [-0.2, 0) is 19.1 Å². The molecule has 3 amide bonds. The summed E-state index contributed by atoms with van der Waals surface area (Å²) in [4.78, 5) is 49.5. The minimum Gasteiger partial charge on any atom is -0.497 e. The van der Waals surface area contributed by atoms with E-state index in [0.29, 0.717) is 17.2 Å². The average molecular weight is 534 g/mol. The highest BCUT2D eigenvalue weighted by Gasteiger charge is 2.36. The van der Waals surface area contributed by atoms with Gasteiger partial charge in [-0.3, -0.25) is 29.6 Å². The molecule has 0 bridgehead atoms. The first-order chi connectivity index (χ1) is 16.2. The van der Waals surface area contributed by atoms with E-state index in [1.54, 1.807) is 18.2 Å². The maximum absolute atomic E-state index is 12.6. The van der Waals surface area contributed by atoms with Gasteiger partial charge < -0.3 is 19.5 Å². The van der Waals surface area contributed by atoms with Crippen LogP contribution in [-0.4, -0.2) is 56.1 Å². The van der Waals surface area contributed by atoms with Crippen molar-refractivity contribution in [3.8, 4) is 11.5 Å². The largest absolute Gasteiger partial charge is 0.497 e. The van der Waals surface area contributed by atoms with E-state index in [1.165, 1.54) is 26.4 Å². The molecule has 2 aromatic rings. The second-order valence-corrected chi connectivity index (χ2v) is 8.48. The summed E-state index contributed by atoms with van der Waals surface area (Å²) in [7, 11) is 2.91. The first-order valence-electron chi connectivity index (χ1n) is 10.3. The predicted molar refractivity (Wildman–Crippen MR) is 125 cm³/mol. The van der Waals surface area contributed by atoms with Crippen LogP contribution in [0.2, 0.25) is 0 Å². The average Bonchev–Trinajstić information content (AvgIpc) is 3.18. The lowest BCUT2D eigenvalue weighted by Gasteiger charge is -2.18. The summed E-state index contributed by atoms with van der Waals surface area (Å²) in [6.07, 6.45) is -0.145. The van der Waals surface area contributed by atoms with Gasteiger partial charge in [-0.25, -0.2) is 0 Å². The molecule has 1 atom stereocenters. The first kappa shape index (κ1) is 25.0. The smallest absolute Gasteiger partial charge is 0.311 e. The molecule has 10 nitrogen and oxygen atoms in total. The number of carbonyl (C=O) groups is 4. The van der Waals surface area contributed by atoms with Crippen LogP contribution in [0.3, 0.4) is 0 Å². The van der Waals surface area contributed by atoms with Crippen molar-refractivity contribution in [2.45, 2.75) is 13.3 Å². The Kier molecular flexibility index (Phi) is 8.11. The third-order valence-electron chi connectivity index (χ3n) is 5.12. The van der Waals surface area contributed by atoms with E-state index in [4.69, 9.17) is 14.2 Å². The summed E-state index contributed by atoms with van der Waals surface area (Å²) in [6.45, 7) is 1.27. The van der Waals surface area contributed by atoms with Gasteiger partial charge in [0.15, 0.2) is 6.61 Å². The molecule has 0 saturated carbocycles. The van der Waals surface area contributed by atoms with Gasteiger partial charge in [-0.2, -0.15) is 0 Å². The van der Waals surface area contributed by atoms with Gasteiger partial charge in [0.05, 0.1) is 26.7 Å².